The Hall–Kier alpha value is -3.14. The molecular formula is C30H32Cl2O3. The molecule has 0 amide bonds. The predicted octanol–water partition coefficient (Wildman–Crippen LogP) is 9.67. The molecule has 0 saturated heterocycles. The van der Waals surface area contributed by atoms with Crippen LogP contribution in [0.2, 0.25) is 10.0 Å². The monoisotopic (exact) mass is 510 g/mol. The molecule has 0 aliphatic rings. The summed E-state index contributed by atoms with van der Waals surface area (Å²) in [4.78, 5) is 0. The van der Waals surface area contributed by atoms with E-state index in [9.17, 15) is 5.11 Å². The largest absolute Gasteiger partial charge is 0.508 e. The fraction of sp³-hybridized carbons (Fsp3) is 0.200. The van der Waals surface area contributed by atoms with E-state index in [4.69, 9.17) is 32.7 Å². The number of phenols is 1. The minimum absolute atomic E-state index is 0.198. The van der Waals surface area contributed by atoms with Gasteiger partial charge in [0.25, 0.3) is 0 Å². The van der Waals surface area contributed by atoms with Crippen molar-refractivity contribution in [3.05, 3.63) is 101 Å². The SMILES string of the molecule is CC.CC.COc1cc(-c2cc(Cl)c(-c3ccc(O)cc3)cc2Cl)ccc1OCc1ccccc1. The molecule has 0 atom stereocenters. The summed E-state index contributed by atoms with van der Waals surface area (Å²) in [7, 11) is 1.61. The summed E-state index contributed by atoms with van der Waals surface area (Å²) >= 11 is 13.2. The molecule has 4 aromatic carbocycles. The van der Waals surface area contributed by atoms with Gasteiger partial charge >= 0.3 is 0 Å². The number of benzene rings is 4. The average molecular weight is 511 g/mol. The number of halogens is 2. The van der Waals surface area contributed by atoms with Crippen LogP contribution in [0.3, 0.4) is 0 Å². The summed E-state index contributed by atoms with van der Waals surface area (Å²) in [5, 5.41) is 10.6. The van der Waals surface area contributed by atoms with Gasteiger partial charge in [-0.1, -0.05) is 99.4 Å². The quantitative estimate of drug-likeness (QED) is 0.280. The van der Waals surface area contributed by atoms with Crippen LogP contribution >= 0.6 is 23.2 Å². The summed E-state index contributed by atoms with van der Waals surface area (Å²) in [6.07, 6.45) is 0. The maximum absolute atomic E-state index is 9.51. The third-order valence-electron chi connectivity index (χ3n) is 4.95. The highest BCUT2D eigenvalue weighted by molar-refractivity contribution is 6.37. The average Bonchev–Trinajstić information content (AvgIpc) is 2.92. The normalized spacial score (nSPS) is 9.80. The number of hydrogen-bond acceptors (Lipinski definition) is 3. The van der Waals surface area contributed by atoms with Crippen molar-refractivity contribution < 1.29 is 14.6 Å². The maximum Gasteiger partial charge on any atom is 0.161 e. The van der Waals surface area contributed by atoms with Gasteiger partial charge in [-0.3, -0.25) is 0 Å². The molecule has 4 aromatic rings. The van der Waals surface area contributed by atoms with Gasteiger partial charge in [-0.05, 0) is 53.1 Å². The lowest BCUT2D eigenvalue weighted by Crippen LogP contribution is -1.98. The van der Waals surface area contributed by atoms with Crippen LogP contribution in [0.5, 0.6) is 17.2 Å². The van der Waals surface area contributed by atoms with Gasteiger partial charge in [-0.2, -0.15) is 0 Å². The molecule has 184 valence electrons. The van der Waals surface area contributed by atoms with E-state index in [1.807, 2.05) is 88.4 Å². The zero-order valence-corrected chi connectivity index (χ0v) is 22.3. The fourth-order valence-corrected chi connectivity index (χ4v) is 3.87. The van der Waals surface area contributed by atoms with E-state index in [0.717, 1.165) is 27.8 Å². The van der Waals surface area contributed by atoms with E-state index in [2.05, 4.69) is 0 Å². The molecule has 0 bridgehead atoms. The second kappa shape index (κ2) is 14.3. The third kappa shape index (κ3) is 7.42. The first-order chi connectivity index (χ1) is 17.0. The molecule has 0 saturated carbocycles. The Labute approximate surface area is 218 Å². The van der Waals surface area contributed by atoms with E-state index in [0.29, 0.717) is 28.2 Å². The molecule has 1 N–H and O–H groups in total. The second-order valence-corrected chi connectivity index (χ2v) is 7.81. The first kappa shape index (κ1) is 28.1. The molecular weight excluding hydrogens is 479 g/mol. The smallest absolute Gasteiger partial charge is 0.161 e. The second-order valence-electron chi connectivity index (χ2n) is 7.00. The Morgan fingerprint density at radius 2 is 1.20 bits per heavy atom. The standard InChI is InChI=1S/C26H20Cl2O3.2C2H6/c1-30-26-13-19(9-12-25(26)31-16-17-5-3-2-4-6-17)22-15-23(27)21(14-24(22)28)18-7-10-20(29)11-8-18;2*1-2/h2-15,29H,16H2,1H3;2*1-2H3. The lowest BCUT2D eigenvalue weighted by atomic mass is 9.99. The molecule has 0 fully saturated rings. The number of hydrogen-bond donors (Lipinski definition) is 1. The van der Waals surface area contributed by atoms with Gasteiger partial charge in [0.05, 0.1) is 7.11 Å². The summed E-state index contributed by atoms with van der Waals surface area (Å²) in [5.41, 5.74) is 4.41. The summed E-state index contributed by atoms with van der Waals surface area (Å²) in [6, 6.07) is 26.1. The number of methoxy groups -OCH3 is 1. The Morgan fingerprint density at radius 1 is 0.657 bits per heavy atom. The number of ether oxygens (including phenoxy) is 2. The Morgan fingerprint density at radius 3 is 1.77 bits per heavy atom. The van der Waals surface area contributed by atoms with Crippen LogP contribution in [0, 0.1) is 0 Å². The minimum Gasteiger partial charge on any atom is -0.508 e. The Kier molecular flexibility index (Phi) is 11.5. The van der Waals surface area contributed by atoms with Crippen molar-refractivity contribution >= 4 is 23.2 Å². The van der Waals surface area contributed by atoms with Crippen molar-refractivity contribution in [3.8, 4) is 39.5 Å². The number of phenolic OH excluding ortho intramolecular Hbond substituents is 1. The van der Waals surface area contributed by atoms with Gasteiger partial charge < -0.3 is 14.6 Å². The van der Waals surface area contributed by atoms with Gasteiger partial charge in [0.1, 0.15) is 12.4 Å². The molecule has 0 aliphatic heterocycles. The molecule has 0 radical (unpaired) electrons. The highest BCUT2D eigenvalue weighted by Gasteiger charge is 2.14. The Balaban J connectivity index is 0.00000103. The summed E-state index contributed by atoms with van der Waals surface area (Å²) < 4.78 is 11.5. The van der Waals surface area contributed by atoms with Gasteiger partial charge in [0.15, 0.2) is 11.5 Å². The molecule has 0 heterocycles. The minimum atomic E-state index is 0.198. The van der Waals surface area contributed by atoms with Gasteiger partial charge in [-0.25, -0.2) is 0 Å². The summed E-state index contributed by atoms with van der Waals surface area (Å²) in [6.45, 7) is 8.45. The van der Waals surface area contributed by atoms with Crippen LogP contribution in [-0.4, -0.2) is 12.2 Å². The topological polar surface area (TPSA) is 38.7 Å². The first-order valence-corrected chi connectivity index (χ1v) is 12.4. The number of rotatable bonds is 6. The lowest BCUT2D eigenvalue weighted by Gasteiger charge is -2.14. The van der Waals surface area contributed by atoms with Crippen molar-refractivity contribution in [3.63, 3.8) is 0 Å². The molecule has 0 spiro atoms. The first-order valence-electron chi connectivity index (χ1n) is 11.7. The van der Waals surface area contributed by atoms with Crippen molar-refractivity contribution in [1.82, 2.24) is 0 Å². The van der Waals surface area contributed by atoms with Crippen LogP contribution in [0.1, 0.15) is 33.3 Å². The van der Waals surface area contributed by atoms with Crippen LogP contribution in [0.15, 0.2) is 84.9 Å². The van der Waals surface area contributed by atoms with E-state index >= 15 is 0 Å². The van der Waals surface area contributed by atoms with Crippen molar-refractivity contribution in [1.29, 1.82) is 0 Å². The van der Waals surface area contributed by atoms with Crippen molar-refractivity contribution in [2.45, 2.75) is 34.3 Å². The van der Waals surface area contributed by atoms with E-state index in [1.165, 1.54) is 0 Å². The van der Waals surface area contributed by atoms with Crippen LogP contribution < -0.4 is 9.47 Å². The fourth-order valence-electron chi connectivity index (χ4n) is 3.32. The van der Waals surface area contributed by atoms with Gasteiger partial charge in [0.2, 0.25) is 0 Å². The number of aromatic hydroxyl groups is 1. The molecule has 4 rings (SSSR count). The lowest BCUT2D eigenvalue weighted by molar-refractivity contribution is 0.284. The molecule has 0 aliphatic carbocycles. The third-order valence-corrected chi connectivity index (χ3v) is 5.57. The highest BCUT2D eigenvalue weighted by Crippen LogP contribution is 2.40. The summed E-state index contributed by atoms with van der Waals surface area (Å²) in [5.74, 6) is 1.46. The van der Waals surface area contributed by atoms with Gasteiger partial charge in [-0.15, -0.1) is 0 Å². The van der Waals surface area contributed by atoms with E-state index in [-0.39, 0.29) is 5.75 Å². The zero-order valence-electron chi connectivity index (χ0n) is 20.8. The zero-order chi connectivity index (χ0) is 25.8. The van der Waals surface area contributed by atoms with Crippen molar-refractivity contribution in [2.24, 2.45) is 0 Å². The molecule has 0 unspecified atom stereocenters. The van der Waals surface area contributed by atoms with E-state index < -0.39 is 0 Å². The van der Waals surface area contributed by atoms with Crippen LogP contribution in [-0.2, 0) is 6.61 Å². The van der Waals surface area contributed by atoms with Crippen LogP contribution in [0.4, 0.5) is 0 Å². The van der Waals surface area contributed by atoms with Gasteiger partial charge in [0, 0.05) is 21.2 Å². The highest BCUT2D eigenvalue weighted by atomic mass is 35.5. The molecule has 5 heteroatoms. The van der Waals surface area contributed by atoms with E-state index in [1.54, 1.807) is 31.4 Å². The van der Waals surface area contributed by atoms with Crippen LogP contribution in [0.25, 0.3) is 22.3 Å². The molecule has 3 nitrogen and oxygen atoms in total. The molecule has 0 aromatic heterocycles. The maximum atomic E-state index is 9.51. The molecule has 35 heavy (non-hydrogen) atoms. The Bertz CT molecular complexity index is 1190. The predicted molar refractivity (Wildman–Crippen MR) is 149 cm³/mol. The van der Waals surface area contributed by atoms with Crippen molar-refractivity contribution in [2.75, 3.05) is 7.11 Å².